The minimum atomic E-state index is -4.39. The van der Waals surface area contributed by atoms with Crippen molar-refractivity contribution in [2.24, 2.45) is 5.41 Å². The molecule has 0 saturated carbocycles. The monoisotopic (exact) mass is 245 g/mol. The summed E-state index contributed by atoms with van der Waals surface area (Å²) in [7, 11) is 0. The van der Waals surface area contributed by atoms with Crippen molar-refractivity contribution in [2.75, 3.05) is 18.5 Å². The normalized spacial score (nSPS) is 18.6. The van der Waals surface area contributed by atoms with Crippen LogP contribution in [0.1, 0.15) is 19.4 Å². The number of benzene rings is 1. The highest BCUT2D eigenvalue weighted by Crippen LogP contribution is 2.42. The Bertz CT molecular complexity index is 426. The van der Waals surface area contributed by atoms with Gasteiger partial charge in [0.05, 0.1) is 17.9 Å². The number of hydrogen-bond acceptors (Lipinski definition) is 2. The van der Waals surface area contributed by atoms with Crippen molar-refractivity contribution in [3.05, 3.63) is 23.8 Å². The number of anilines is 1. The molecule has 0 aliphatic carbocycles. The molecular weight excluding hydrogens is 231 g/mol. The number of nitrogens with one attached hydrogen (secondary N) is 1. The van der Waals surface area contributed by atoms with E-state index in [0.717, 1.165) is 6.07 Å². The molecule has 17 heavy (non-hydrogen) atoms. The molecule has 0 saturated heterocycles. The predicted octanol–water partition coefficient (Wildman–Crippen LogP) is 3.54. The fourth-order valence-electron chi connectivity index (χ4n) is 1.71. The molecule has 1 heterocycles. The molecule has 1 aromatic rings. The zero-order valence-electron chi connectivity index (χ0n) is 9.69. The molecule has 0 spiro atoms. The van der Waals surface area contributed by atoms with E-state index in [1.807, 2.05) is 13.8 Å². The lowest BCUT2D eigenvalue weighted by atomic mass is 9.95. The lowest BCUT2D eigenvalue weighted by Gasteiger charge is -2.21. The summed E-state index contributed by atoms with van der Waals surface area (Å²) < 4.78 is 43.7. The quantitative estimate of drug-likeness (QED) is 0.754. The number of rotatable bonds is 0. The lowest BCUT2D eigenvalue weighted by Crippen LogP contribution is -2.27. The van der Waals surface area contributed by atoms with E-state index in [1.165, 1.54) is 6.07 Å². The molecular formula is C12H14F3NO. The Morgan fingerprint density at radius 2 is 2.00 bits per heavy atom. The molecule has 1 aliphatic rings. The summed E-state index contributed by atoms with van der Waals surface area (Å²) in [5.74, 6) is -0.0921. The van der Waals surface area contributed by atoms with E-state index in [-0.39, 0.29) is 17.8 Å². The van der Waals surface area contributed by atoms with Crippen molar-refractivity contribution >= 4 is 5.69 Å². The Hall–Kier alpha value is -1.39. The van der Waals surface area contributed by atoms with Gasteiger partial charge in [0.15, 0.2) is 5.75 Å². The maximum atomic E-state index is 12.8. The Morgan fingerprint density at radius 3 is 2.65 bits per heavy atom. The van der Waals surface area contributed by atoms with Gasteiger partial charge in [0.1, 0.15) is 0 Å². The fraction of sp³-hybridized carbons (Fsp3) is 0.500. The highest BCUT2D eigenvalue weighted by molar-refractivity contribution is 5.61. The number of alkyl halides is 3. The molecule has 1 aromatic carbocycles. The van der Waals surface area contributed by atoms with E-state index in [9.17, 15) is 13.2 Å². The van der Waals surface area contributed by atoms with Crippen molar-refractivity contribution in [3.8, 4) is 5.75 Å². The Kier molecular flexibility index (Phi) is 2.72. The van der Waals surface area contributed by atoms with Gasteiger partial charge in [0, 0.05) is 12.0 Å². The molecule has 0 amide bonds. The first kappa shape index (κ1) is 12.1. The molecule has 0 atom stereocenters. The third-order valence-corrected chi connectivity index (χ3v) is 2.69. The highest BCUT2D eigenvalue weighted by atomic mass is 19.4. The Morgan fingerprint density at radius 1 is 1.29 bits per heavy atom. The first-order chi connectivity index (χ1) is 7.80. The smallest absolute Gasteiger partial charge is 0.420 e. The largest absolute Gasteiger partial charge is 0.490 e. The van der Waals surface area contributed by atoms with E-state index in [1.54, 1.807) is 6.07 Å². The van der Waals surface area contributed by atoms with Gasteiger partial charge in [-0.05, 0) is 12.1 Å². The van der Waals surface area contributed by atoms with Gasteiger partial charge in [-0.2, -0.15) is 13.2 Å². The number of halogens is 3. The van der Waals surface area contributed by atoms with Gasteiger partial charge >= 0.3 is 6.18 Å². The molecule has 0 radical (unpaired) electrons. The summed E-state index contributed by atoms with van der Waals surface area (Å²) in [4.78, 5) is 0. The van der Waals surface area contributed by atoms with E-state index >= 15 is 0 Å². The highest BCUT2D eigenvalue weighted by Gasteiger charge is 2.37. The van der Waals surface area contributed by atoms with Gasteiger partial charge in [-0.1, -0.05) is 19.9 Å². The first-order valence-corrected chi connectivity index (χ1v) is 5.36. The molecule has 1 aliphatic heterocycles. The van der Waals surface area contributed by atoms with Gasteiger partial charge in [0.25, 0.3) is 0 Å². The molecule has 5 heteroatoms. The van der Waals surface area contributed by atoms with Crippen LogP contribution in [0, 0.1) is 5.41 Å². The number of hydrogen-bond donors (Lipinski definition) is 1. The minimum Gasteiger partial charge on any atom is -0.490 e. The second-order valence-electron chi connectivity index (χ2n) is 4.99. The summed E-state index contributed by atoms with van der Waals surface area (Å²) >= 11 is 0. The van der Waals surface area contributed by atoms with Crippen LogP contribution in [0.25, 0.3) is 0 Å². The van der Waals surface area contributed by atoms with Crippen LogP contribution < -0.4 is 10.1 Å². The van der Waals surface area contributed by atoms with E-state index in [2.05, 4.69) is 5.32 Å². The van der Waals surface area contributed by atoms with Crippen LogP contribution in [0.4, 0.5) is 18.9 Å². The van der Waals surface area contributed by atoms with Crippen LogP contribution in [0.5, 0.6) is 5.75 Å². The Labute approximate surface area is 97.8 Å². The molecule has 2 rings (SSSR count). The number of fused-ring (bicyclic) bond motifs is 1. The van der Waals surface area contributed by atoms with Gasteiger partial charge in [0.2, 0.25) is 0 Å². The Balaban J connectivity index is 2.43. The predicted molar refractivity (Wildman–Crippen MR) is 59.2 cm³/mol. The zero-order chi connectivity index (χ0) is 12.7. The standard InChI is InChI=1S/C12H14F3NO/c1-11(2)6-16-9-5-3-4-8(12(13,14)15)10(9)17-7-11/h3-5,16H,6-7H2,1-2H3. The van der Waals surface area contributed by atoms with Gasteiger partial charge in [-0.25, -0.2) is 0 Å². The van der Waals surface area contributed by atoms with Gasteiger partial charge in [-0.15, -0.1) is 0 Å². The van der Waals surface area contributed by atoms with Gasteiger partial charge in [-0.3, -0.25) is 0 Å². The zero-order valence-corrected chi connectivity index (χ0v) is 9.69. The summed E-state index contributed by atoms with van der Waals surface area (Å²) in [6.45, 7) is 4.74. The number of ether oxygens (including phenoxy) is 1. The van der Waals surface area contributed by atoms with Crippen LogP contribution in [0.3, 0.4) is 0 Å². The van der Waals surface area contributed by atoms with Crippen molar-refractivity contribution in [2.45, 2.75) is 20.0 Å². The van der Waals surface area contributed by atoms with E-state index in [0.29, 0.717) is 12.2 Å². The maximum absolute atomic E-state index is 12.8. The van der Waals surface area contributed by atoms with Crippen LogP contribution in [-0.2, 0) is 6.18 Å². The van der Waals surface area contributed by atoms with Crippen molar-refractivity contribution in [1.82, 2.24) is 0 Å². The second kappa shape index (κ2) is 3.82. The molecule has 1 N–H and O–H groups in total. The molecule has 0 bridgehead atoms. The van der Waals surface area contributed by atoms with Crippen molar-refractivity contribution in [3.63, 3.8) is 0 Å². The first-order valence-electron chi connectivity index (χ1n) is 5.36. The molecule has 94 valence electrons. The molecule has 2 nitrogen and oxygen atoms in total. The summed E-state index contributed by atoms with van der Waals surface area (Å²) in [5.41, 5.74) is -0.507. The average molecular weight is 245 g/mol. The third-order valence-electron chi connectivity index (χ3n) is 2.69. The maximum Gasteiger partial charge on any atom is 0.420 e. The van der Waals surface area contributed by atoms with Crippen LogP contribution >= 0.6 is 0 Å². The van der Waals surface area contributed by atoms with Crippen LogP contribution in [0.2, 0.25) is 0 Å². The summed E-state index contributed by atoms with van der Waals surface area (Å²) in [6, 6.07) is 4.03. The SMILES string of the molecule is CC1(C)CNc2cccc(C(F)(F)F)c2OC1. The molecule has 0 aromatic heterocycles. The van der Waals surface area contributed by atoms with Gasteiger partial charge < -0.3 is 10.1 Å². The molecule has 0 fully saturated rings. The lowest BCUT2D eigenvalue weighted by molar-refractivity contribution is -0.139. The van der Waals surface area contributed by atoms with Crippen LogP contribution in [0.15, 0.2) is 18.2 Å². The molecule has 0 unspecified atom stereocenters. The van der Waals surface area contributed by atoms with Crippen LogP contribution in [-0.4, -0.2) is 13.2 Å². The minimum absolute atomic E-state index is 0.0921. The third kappa shape index (κ3) is 2.48. The van der Waals surface area contributed by atoms with Crippen molar-refractivity contribution in [1.29, 1.82) is 0 Å². The number of para-hydroxylation sites is 1. The fourth-order valence-corrected chi connectivity index (χ4v) is 1.71. The van der Waals surface area contributed by atoms with E-state index in [4.69, 9.17) is 4.74 Å². The summed E-state index contributed by atoms with van der Waals surface area (Å²) in [6.07, 6.45) is -4.39. The topological polar surface area (TPSA) is 21.3 Å². The van der Waals surface area contributed by atoms with E-state index < -0.39 is 11.7 Å². The second-order valence-corrected chi connectivity index (χ2v) is 4.99. The van der Waals surface area contributed by atoms with Crippen molar-refractivity contribution < 1.29 is 17.9 Å². The summed E-state index contributed by atoms with van der Waals surface area (Å²) in [5, 5.41) is 3.00. The average Bonchev–Trinajstić information content (AvgIpc) is 2.36.